The zero-order valence-corrected chi connectivity index (χ0v) is 21.4. The van der Waals surface area contributed by atoms with Crippen LogP contribution in [0.3, 0.4) is 0 Å². The highest BCUT2D eigenvalue weighted by atomic mass is 32.2. The van der Waals surface area contributed by atoms with E-state index in [9.17, 15) is 13.5 Å². The van der Waals surface area contributed by atoms with Crippen molar-refractivity contribution in [2.24, 2.45) is 5.92 Å². The van der Waals surface area contributed by atoms with Gasteiger partial charge in [-0.25, -0.2) is 18.4 Å². The van der Waals surface area contributed by atoms with Crippen LogP contribution in [0.1, 0.15) is 19.5 Å². The lowest BCUT2D eigenvalue weighted by Gasteiger charge is -2.16. The Labute approximate surface area is 210 Å². The Morgan fingerprint density at radius 1 is 1.11 bits per heavy atom. The fraction of sp³-hybridized carbons (Fsp3) is 0.360. The monoisotopic (exact) mass is 514 g/mol. The lowest BCUT2D eigenvalue weighted by Crippen LogP contribution is -2.20. The third-order valence-corrected chi connectivity index (χ3v) is 6.61. The zero-order chi connectivity index (χ0) is 25.9. The molecule has 3 aromatic rings. The minimum absolute atomic E-state index is 0.0564. The summed E-state index contributed by atoms with van der Waals surface area (Å²) < 4.78 is 40.4. The molecule has 2 aromatic heterocycles. The summed E-state index contributed by atoms with van der Waals surface area (Å²) >= 11 is 0. The maximum atomic E-state index is 11.7. The summed E-state index contributed by atoms with van der Waals surface area (Å²) in [5.74, 6) is 1.21. The van der Waals surface area contributed by atoms with Crippen molar-refractivity contribution >= 4 is 15.5 Å². The van der Waals surface area contributed by atoms with Gasteiger partial charge in [0, 0.05) is 43.2 Å². The van der Waals surface area contributed by atoms with Crippen LogP contribution in [0.5, 0.6) is 17.4 Å². The number of aromatic nitrogens is 3. The largest absolute Gasteiger partial charge is 0.488 e. The predicted molar refractivity (Wildman–Crippen MR) is 135 cm³/mol. The van der Waals surface area contributed by atoms with Crippen molar-refractivity contribution in [2.75, 3.05) is 26.5 Å². The zero-order valence-electron chi connectivity index (χ0n) is 20.6. The number of aliphatic hydroxyl groups excluding tert-OH is 1. The van der Waals surface area contributed by atoms with Crippen molar-refractivity contribution < 1.29 is 27.7 Å². The normalized spacial score (nSPS) is 17.2. The number of benzene rings is 1. The number of aromatic amines is 1. The third-order valence-electron chi connectivity index (χ3n) is 5.64. The van der Waals surface area contributed by atoms with Crippen LogP contribution >= 0.6 is 0 Å². The summed E-state index contributed by atoms with van der Waals surface area (Å²) in [5.41, 5.74) is 3.48. The van der Waals surface area contributed by atoms with E-state index in [1.807, 2.05) is 37.3 Å². The molecular formula is C25H30N4O6S. The lowest BCUT2D eigenvalue weighted by atomic mass is 10.1. The fourth-order valence-corrected chi connectivity index (χ4v) is 4.29. The second-order valence-electron chi connectivity index (χ2n) is 8.80. The summed E-state index contributed by atoms with van der Waals surface area (Å²) in [5, 5.41) is 13.1. The first-order valence-electron chi connectivity index (χ1n) is 11.5. The topological polar surface area (TPSA) is 136 Å². The molecule has 0 fully saturated rings. The van der Waals surface area contributed by atoms with Gasteiger partial charge in [0.15, 0.2) is 14.9 Å². The molecule has 0 amide bonds. The Morgan fingerprint density at radius 3 is 2.50 bits per heavy atom. The van der Waals surface area contributed by atoms with Crippen molar-refractivity contribution in [3.05, 3.63) is 54.5 Å². The molecule has 0 radical (unpaired) electrons. The van der Waals surface area contributed by atoms with Crippen LogP contribution in [0.15, 0.2) is 53.8 Å². The van der Waals surface area contributed by atoms with Gasteiger partial charge in [0.25, 0.3) is 0 Å². The van der Waals surface area contributed by atoms with Crippen molar-refractivity contribution in [3.63, 3.8) is 0 Å². The summed E-state index contributed by atoms with van der Waals surface area (Å²) in [6, 6.07) is 9.36. The predicted octanol–water partition coefficient (Wildman–Crippen LogP) is 3.02. The fourth-order valence-electron chi connectivity index (χ4n) is 3.80. The third kappa shape index (κ3) is 6.23. The molecule has 0 spiro atoms. The molecule has 0 unspecified atom stereocenters. The van der Waals surface area contributed by atoms with Crippen molar-refractivity contribution in [3.8, 4) is 28.6 Å². The first-order valence-corrected chi connectivity index (χ1v) is 13.4. The van der Waals surface area contributed by atoms with Crippen molar-refractivity contribution in [1.29, 1.82) is 0 Å². The molecule has 1 aliphatic rings. The summed E-state index contributed by atoms with van der Waals surface area (Å²) in [4.78, 5) is 11.4. The minimum Gasteiger partial charge on any atom is -0.488 e. The Hall–Kier alpha value is -3.41. The molecule has 0 bridgehead atoms. The van der Waals surface area contributed by atoms with Crippen LogP contribution in [0.4, 0.5) is 0 Å². The Balaban J connectivity index is 1.63. The molecule has 0 saturated carbocycles. The first kappa shape index (κ1) is 25.7. The van der Waals surface area contributed by atoms with Gasteiger partial charge in [0.05, 0.1) is 36.5 Å². The molecule has 1 aliphatic heterocycles. The maximum Gasteiger partial charge on any atom is 0.237 e. The molecule has 3 heterocycles. The molecular weight excluding hydrogens is 484 g/mol. The lowest BCUT2D eigenvalue weighted by molar-refractivity contribution is 0.0920. The van der Waals surface area contributed by atoms with E-state index in [0.29, 0.717) is 24.7 Å². The van der Waals surface area contributed by atoms with Crippen molar-refractivity contribution in [2.45, 2.75) is 31.1 Å². The van der Waals surface area contributed by atoms with Crippen LogP contribution in [-0.4, -0.2) is 67.2 Å². The molecule has 1 aromatic carbocycles. The first-order chi connectivity index (χ1) is 17.1. The van der Waals surface area contributed by atoms with E-state index in [2.05, 4.69) is 20.3 Å². The summed E-state index contributed by atoms with van der Waals surface area (Å²) in [7, 11) is -1.85. The number of nitrogens with zero attached hydrogens (tertiary/aromatic N) is 2. The minimum atomic E-state index is -3.46. The van der Waals surface area contributed by atoms with Gasteiger partial charge >= 0.3 is 0 Å². The molecule has 192 valence electrons. The number of nitrogens with one attached hydrogen (secondary N) is 2. The molecule has 0 aliphatic carbocycles. The number of rotatable bonds is 10. The van der Waals surface area contributed by atoms with E-state index in [1.54, 1.807) is 20.1 Å². The van der Waals surface area contributed by atoms with Gasteiger partial charge in [-0.3, -0.25) is 0 Å². The molecule has 36 heavy (non-hydrogen) atoms. The maximum absolute atomic E-state index is 11.7. The van der Waals surface area contributed by atoms with Gasteiger partial charge in [0.2, 0.25) is 5.88 Å². The van der Waals surface area contributed by atoms with Gasteiger partial charge in [-0.05, 0) is 38.1 Å². The van der Waals surface area contributed by atoms with E-state index in [-0.39, 0.29) is 22.9 Å². The van der Waals surface area contributed by atoms with E-state index in [4.69, 9.17) is 14.2 Å². The Kier molecular flexibility index (Phi) is 7.62. The summed E-state index contributed by atoms with van der Waals surface area (Å²) in [6.07, 6.45) is 4.89. The Bertz CT molecular complexity index is 1330. The van der Waals surface area contributed by atoms with Crippen LogP contribution in [-0.2, 0) is 14.6 Å². The number of H-pyrrole nitrogens is 1. The second kappa shape index (κ2) is 10.7. The summed E-state index contributed by atoms with van der Waals surface area (Å²) in [6.45, 7) is 4.77. The standard InChI is InChI=1S/C25H30N4O6S/c1-15(14-33-3)34-19-7-17(21-5-6-22(29-21)23-9-18(11-26-23)16(2)30)8-20(10-19)35-24-12-28-25(13-27-24)36(4,31)32/h5-10,12-13,15-16,18,26,29-30H,11,14H2,1-4H3/t15-,16+,18-/m0/s1. The van der Waals surface area contributed by atoms with E-state index >= 15 is 0 Å². The van der Waals surface area contributed by atoms with Crippen LogP contribution in [0.2, 0.25) is 0 Å². The second-order valence-corrected chi connectivity index (χ2v) is 10.8. The molecule has 4 rings (SSSR count). The molecule has 3 N–H and O–H groups in total. The smallest absolute Gasteiger partial charge is 0.237 e. The van der Waals surface area contributed by atoms with Gasteiger partial charge in [0.1, 0.15) is 17.6 Å². The van der Waals surface area contributed by atoms with Crippen LogP contribution < -0.4 is 14.8 Å². The molecule has 11 heteroatoms. The van der Waals surface area contributed by atoms with Crippen molar-refractivity contribution in [1.82, 2.24) is 20.3 Å². The average molecular weight is 515 g/mol. The van der Waals surface area contributed by atoms with E-state index in [0.717, 1.165) is 35.1 Å². The van der Waals surface area contributed by atoms with Gasteiger partial charge in [-0.15, -0.1) is 0 Å². The van der Waals surface area contributed by atoms with Gasteiger partial charge in [-0.1, -0.05) is 6.08 Å². The number of ether oxygens (including phenoxy) is 3. The number of aliphatic hydroxyl groups is 1. The Morgan fingerprint density at radius 2 is 1.86 bits per heavy atom. The SMILES string of the molecule is COC[C@H](C)Oc1cc(Oc2cnc(S(C)(=O)=O)cn2)cc(-c2ccc(C3=C[C@H]([C@@H](C)O)CN3)[nH]2)c1. The molecule has 10 nitrogen and oxygen atoms in total. The van der Waals surface area contributed by atoms with Gasteiger partial charge < -0.3 is 29.6 Å². The number of hydrogen-bond acceptors (Lipinski definition) is 9. The quantitative estimate of drug-likeness (QED) is 0.373. The molecule has 0 saturated heterocycles. The molecule has 3 atom stereocenters. The number of hydrogen-bond donors (Lipinski definition) is 3. The van der Waals surface area contributed by atoms with Gasteiger partial charge in [-0.2, -0.15) is 0 Å². The number of sulfone groups is 1. The van der Waals surface area contributed by atoms with E-state index < -0.39 is 15.9 Å². The highest BCUT2D eigenvalue weighted by Gasteiger charge is 2.21. The van der Waals surface area contributed by atoms with Crippen LogP contribution in [0, 0.1) is 5.92 Å². The van der Waals surface area contributed by atoms with E-state index in [1.165, 1.54) is 6.20 Å². The van der Waals surface area contributed by atoms with Crippen LogP contribution in [0.25, 0.3) is 17.0 Å². The highest BCUT2D eigenvalue weighted by molar-refractivity contribution is 7.90. The number of methoxy groups -OCH3 is 1. The average Bonchev–Trinajstić information content (AvgIpc) is 3.49. The highest BCUT2D eigenvalue weighted by Crippen LogP contribution is 2.33.